The average Bonchev–Trinajstić information content (AvgIpc) is 3.55. The van der Waals surface area contributed by atoms with E-state index < -0.39 is 28.5 Å². The fourth-order valence-corrected chi connectivity index (χ4v) is 7.62. The first-order valence-electron chi connectivity index (χ1n) is 15.2. The van der Waals surface area contributed by atoms with Gasteiger partial charge in [0.25, 0.3) is 10.0 Å². The van der Waals surface area contributed by atoms with Gasteiger partial charge >= 0.3 is 0 Å². The number of aryl methyl sites for hydroxylation is 1. The van der Waals surface area contributed by atoms with Crippen molar-refractivity contribution in [3.63, 3.8) is 0 Å². The van der Waals surface area contributed by atoms with Crippen LogP contribution in [0.4, 0.5) is 5.69 Å². The number of rotatable bonds is 12. The molecule has 7 nitrogen and oxygen atoms in total. The van der Waals surface area contributed by atoms with Gasteiger partial charge in [-0.1, -0.05) is 113 Å². The van der Waals surface area contributed by atoms with Gasteiger partial charge in [-0.25, -0.2) is 8.42 Å². The second-order valence-corrected chi connectivity index (χ2v) is 14.3. The van der Waals surface area contributed by atoms with Crippen molar-refractivity contribution in [2.45, 2.75) is 62.6 Å². The molecular weight excluding hydrogens is 650 g/mol. The number of benzene rings is 4. The zero-order valence-corrected chi connectivity index (χ0v) is 27.7. The molecule has 1 saturated carbocycles. The van der Waals surface area contributed by atoms with Crippen LogP contribution in [0.1, 0.15) is 42.4 Å². The normalized spacial score (nSPS) is 14.1. The number of amides is 2. The van der Waals surface area contributed by atoms with E-state index >= 15 is 0 Å². The lowest BCUT2D eigenvalue weighted by atomic mass is 10.0. The van der Waals surface area contributed by atoms with E-state index in [1.54, 1.807) is 47.4 Å². The van der Waals surface area contributed by atoms with Crippen LogP contribution in [-0.4, -0.2) is 43.8 Å². The molecule has 45 heavy (non-hydrogen) atoms. The topological polar surface area (TPSA) is 86.8 Å². The molecule has 234 valence electrons. The number of hydrogen-bond acceptors (Lipinski definition) is 4. The van der Waals surface area contributed by atoms with Crippen LogP contribution in [0, 0.1) is 6.92 Å². The highest BCUT2D eigenvalue weighted by molar-refractivity contribution is 9.10. The standard InChI is InChI=1S/C36H38BrN3O4S/c1-27-12-10-15-29(22-27)25-39(34(23-28-13-4-2-5-14-28)36(42)38-31-17-8-9-18-31)35(41)26-40(32-19-11-16-30(37)24-32)45(43,44)33-20-6-3-7-21-33/h2-7,10-16,19-22,24,31,34H,8-9,17-18,23,25-26H2,1H3,(H,38,42)/t34-/m0/s1. The monoisotopic (exact) mass is 687 g/mol. The molecule has 0 radical (unpaired) electrons. The number of anilines is 1. The zero-order chi connectivity index (χ0) is 31.8. The van der Waals surface area contributed by atoms with Crippen molar-refractivity contribution in [2.24, 2.45) is 0 Å². The second-order valence-electron chi connectivity index (χ2n) is 11.5. The third kappa shape index (κ3) is 8.41. The summed E-state index contributed by atoms with van der Waals surface area (Å²) in [5.41, 5.74) is 3.13. The van der Waals surface area contributed by atoms with Crippen molar-refractivity contribution in [1.82, 2.24) is 10.2 Å². The summed E-state index contributed by atoms with van der Waals surface area (Å²) >= 11 is 3.45. The Morgan fingerprint density at radius 2 is 1.49 bits per heavy atom. The first-order valence-corrected chi connectivity index (χ1v) is 17.5. The maximum Gasteiger partial charge on any atom is 0.264 e. The summed E-state index contributed by atoms with van der Waals surface area (Å²) in [6.45, 7) is 1.64. The van der Waals surface area contributed by atoms with Gasteiger partial charge in [0.15, 0.2) is 0 Å². The van der Waals surface area contributed by atoms with Gasteiger partial charge in [-0.3, -0.25) is 13.9 Å². The molecule has 2 amide bonds. The predicted molar refractivity (Wildman–Crippen MR) is 181 cm³/mol. The van der Waals surface area contributed by atoms with Crippen LogP contribution >= 0.6 is 15.9 Å². The molecule has 0 saturated heterocycles. The van der Waals surface area contributed by atoms with Gasteiger partial charge in [-0.15, -0.1) is 0 Å². The molecule has 4 aromatic carbocycles. The van der Waals surface area contributed by atoms with Crippen LogP contribution < -0.4 is 9.62 Å². The van der Waals surface area contributed by atoms with Gasteiger partial charge in [-0.2, -0.15) is 0 Å². The Balaban J connectivity index is 1.56. The Morgan fingerprint density at radius 3 is 2.16 bits per heavy atom. The number of hydrogen-bond donors (Lipinski definition) is 1. The van der Waals surface area contributed by atoms with Crippen molar-refractivity contribution in [3.8, 4) is 0 Å². The number of nitrogens with zero attached hydrogens (tertiary/aromatic N) is 2. The number of carbonyl (C=O) groups is 2. The molecule has 1 aliphatic carbocycles. The van der Waals surface area contributed by atoms with Gasteiger partial charge in [0.2, 0.25) is 11.8 Å². The van der Waals surface area contributed by atoms with Gasteiger partial charge in [0, 0.05) is 23.5 Å². The lowest BCUT2D eigenvalue weighted by Crippen LogP contribution is -2.54. The third-order valence-corrected chi connectivity index (χ3v) is 10.4. The smallest absolute Gasteiger partial charge is 0.264 e. The molecule has 1 aliphatic rings. The van der Waals surface area contributed by atoms with E-state index in [9.17, 15) is 18.0 Å². The van der Waals surface area contributed by atoms with E-state index in [2.05, 4.69) is 21.2 Å². The minimum absolute atomic E-state index is 0.0586. The Hall–Kier alpha value is -3.95. The Bertz CT molecular complexity index is 1710. The summed E-state index contributed by atoms with van der Waals surface area (Å²) in [5, 5.41) is 3.21. The Morgan fingerprint density at radius 1 is 0.844 bits per heavy atom. The summed E-state index contributed by atoms with van der Waals surface area (Å²) in [7, 11) is -4.14. The fraction of sp³-hybridized carbons (Fsp3) is 0.278. The van der Waals surface area contributed by atoms with Crippen molar-refractivity contribution >= 4 is 43.5 Å². The van der Waals surface area contributed by atoms with Crippen LogP contribution in [-0.2, 0) is 32.6 Å². The van der Waals surface area contributed by atoms with Crippen LogP contribution in [0.3, 0.4) is 0 Å². The van der Waals surface area contributed by atoms with Crippen molar-refractivity contribution < 1.29 is 18.0 Å². The zero-order valence-electron chi connectivity index (χ0n) is 25.3. The number of nitrogens with one attached hydrogen (secondary N) is 1. The van der Waals surface area contributed by atoms with E-state index in [-0.39, 0.29) is 23.4 Å². The van der Waals surface area contributed by atoms with E-state index in [1.165, 1.54) is 12.1 Å². The predicted octanol–water partition coefficient (Wildman–Crippen LogP) is 6.65. The van der Waals surface area contributed by atoms with Gasteiger partial charge in [0.05, 0.1) is 10.6 Å². The molecule has 1 atom stereocenters. The van der Waals surface area contributed by atoms with Gasteiger partial charge < -0.3 is 10.2 Å². The maximum atomic E-state index is 14.6. The van der Waals surface area contributed by atoms with Crippen molar-refractivity contribution in [3.05, 3.63) is 130 Å². The Kier molecular flexibility index (Phi) is 10.7. The van der Waals surface area contributed by atoms with E-state index in [0.717, 1.165) is 46.7 Å². The van der Waals surface area contributed by atoms with Crippen molar-refractivity contribution in [1.29, 1.82) is 0 Å². The van der Waals surface area contributed by atoms with Crippen LogP contribution in [0.15, 0.2) is 119 Å². The molecule has 0 heterocycles. The molecule has 9 heteroatoms. The number of sulfonamides is 1. The second kappa shape index (κ2) is 14.9. The minimum atomic E-state index is -4.14. The van der Waals surface area contributed by atoms with Gasteiger partial charge in [-0.05, 0) is 61.2 Å². The number of halogens is 1. The molecule has 1 fully saturated rings. The van der Waals surface area contributed by atoms with Crippen molar-refractivity contribution in [2.75, 3.05) is 10.8 Å². The highest BCUT2D eigenvalue weighted by atomic mass is 79.9. The molecular formula is C36H38BrN3O4S. The van der Waals surface area contributed by atoms with Crippen LogP contribution in [0.2, 0.25) is 0 Å². The maximum absolute atomic E-state index is 14.6. The van der Waals surface area contributed by atoms with Crippen LogP contribution in [0.5, 0.6) is 0 Å². The molecule has 5 rings (SSSR count). The lowest BCUT2D eigenvalue weighted by Gasteiger charge is -2.34. The van der Waals surface area contributed by atoms with Crippen LogP contribution in [0.25, 0.3) is 0 Å². The summed E-state index contributed by atoms with van der Waals surface area (Å²) in [6.07, 6.45) is 4.21. The first kappa shape index (κ1) is 32.4. The highest BCUT2D eigenvalue weighted by Gasteiger charge is 2.35. The molecule has 0 bridgehead atoms. The van der Waals surface area contributed by atoms with E-state index in [1.807, 2.05) is 61.5 Å². The van der Waals surface area contributed by atoms with E-state index in [4.69, 9.17) is 0 Å². The highest BCUT2D eigenvalue weighted by Crippen LogP contribution is 2.27. The summed E-state index contributed by atoms with van der Waals surface area (Å²) in [4.78, 5) is 30.3. The molecule has 0 spiro atoms. The quantitative estimate of drug-likeness (QED) is 0.181. The molecule has 0 aliphatic heterocycles. The molecule has 4 aromatic rings. The largest absolute Gasteiger partial charge is 0.352 e. The number of carbonyl (C=O) groups excluding carboxylic acids is 2. The third-order valence-electron chi connectivity index (χ3n) is 8.11. The summed E-state index contributed by atoms with van der Waals surface area (Å²) in [5.74, 6) is -0.704. The molecule has 0 aromatic heterocycles. The molecule has 1 N–H and O–H groups in total. The summed E-state index contributed by atoms with van der Waals surface area (Å²) < 4.78 is 30.0. The lowest BCUT2D eigenvalue weighted by molar-refractivity contribution is -0.140. The fourth-order valence-electron chi connectivity index (χ4n) is 5.81. The first-order chi connectivity index (χ1) is 21.7. The molecule has 0 unspecified atom stereocenters. The SMILES string of the molecule is Cc1cccc(CN(C(=O)CN(c2cccc(Br)c2)S(=O)(=O)c2ccccc2)[C@@H](Cc2ccccc2)C(=O)NC2CCCC2)c1. The average molecular weight is 689 g/mol. The Labute approximate surface area is 274 Å². The minimum Gasteiger partial charge on any atom is -0.352 e. The summed E-state index contributed by atoms with van der Waals surface area (Å²) in [6, 6.07) is 31.6. The van der Waals surface area contributed by atoms with E-state index in [0.29, 0.717) is 16.6 Å². The van der Waals surface area contributed by atoms with Gasteiger partial charge in [0.1, 0.15) is 12.6 Å².